The first-order valence-electron chi connectivity index (χ1n) is 6.30. The molecule has 3 rings (SSSR count). The van der Waals surface area contributed by atoms with Crippen molar-refractivity contribution < 1.29 is 8.95 Å². The molecule has 1 aliphatic rings. The Morgan fingerprint density at radius 2 is 2.05 bits per heavy atom. The van der Waals surface area contributed by atoms with Crippen LogP contribution < -0.4 is 5.01 Å². The zero-order valence-electron chi connectivity index (χ0n) is 11.1. The second-order valence-corrected chi connectivity index (χ2v) is 5.63. The van der Waals surface area contributed by atoms with Gasteiger partial charge in [0.05, 0.1) is 37.1 Å². The summed E-state index contributed by atoms with van der Waals surface area (Å²) in [6.07, 6.45) is 3.30. The van der Waals surface area contributed by atoms with Crippen LogP contribution in [0.4, 0.5) is 0 Å². The third-order valence-corrected chi connectivity index (χ3v) is 3.80. The minimum absolute atomic E-state index is 0.438. The highest BCUT2D eigenvalue weighted by Gasteiger charge is 2.23. The molecule has 1 atom stereocenters. The average molecular weight is 293 g/mol. The molecule has 3 heterocycles. The molecule has 8 heteroatoms. The maximum Gasteiger partial charge on any atom is 0.240 e. The van der Waals surface area contributed by atoms with Crippen LogP contribution in [0.1, 0.15) is 0 Å². The number of hydrogen-bond acceptors (Lipinski definition) is 6. The van der Waals surface area contributed by atoms with Crippen LogP contribution in [-0.2, 0) is 15.5 Å². The second kappa shape index (κ2) is 5.68. The second-order valence-electron chi connectivity index (χ2n) is 4.35. The number of ether oxygens (including phenoxy) is 1. The number of aromatic nitrogens is 4. The molecule has 0 bridgehead atoms. The molecule has 7 nitrogen and oxygen atoms in total. The quantitative estimate of drug-likeness (QED) is 0.796. The van der Waals surface area contributed by atoms with E-state index in [9.17, 15) is 4.21 Å². The summed E-state index contributed by atoms with van der Waals surface area (Å²) in [5.74, 6) is 0.609. The van der Waals surface area contributed by atoms with Gasteiger partial charge in [0.25, 0.3) is 0 Å². The lowest BCUT2D eigenvalue weighted by molar-refractivity contribution is 0.110. The highest BCUT2D eigenvalue weighted by Crippen LogP contribution is 2.18. The molecular formula is C12H15N5O2S. The van der Waals surface area contributed by atoms with E-state index >= 15 is 0 Å². The van der Waals surface area contributed by atoms with E-state index in [0.29, 0.717) is 43.0 Å². The molecule has 0 aliphatic carbocycles. The SMILES string of the molecule is CS(=O)c1nnc(-c2ccccn2)n1N1CCOCC1. The van der Waals surface area contributed by atoms with E-state index in [1.165, 1.54) is 0 Å². The van der Waals surface area contributed by atoms with Crippen molar-refractivity contribution >= 4 is 10.8 Å². The topological polar surface area (TPSA) is 73.1 Å². The van der Waals surface area contributed by atoms with Gasteiger partial charge in [0.15, 0.2) is 0 Å². The Labute approximate surface area is 119 Å². The zero-order valence-corrected chi connectivity index (χ0v) is 11.9. The summed E-state index contributed by atoms with van der Waals surface area (Å²) in [6.45, 7) is 2.69. The maximum atomic E-state index is 11.9. The van der Waals surface area contributed by atoms with Gasteiger partial charge in [-0.1, -0.05) is 6.07 Å². The standard InChI is InChI=1S/C12H15N5O2S/c1-20(18)12-15-14-11(10-4-2-3-5-13-10)17(12)16-6-8-19-9-7-16/h2-5H,6-9H2,1H3. The highest BCUT2D eigenvalue weighted by molar-refractivity contribution is 7.84. The molecule has 20 heavy (non-hydrogen) atoms. The van der Waals surface area contributed by atoms with Gasteiger partial charge in [-0.15, -0.1) is 10.2 Å². The smallest absolute Gasteiger partial charge is 0.240 e. The largest absolute Gasteiger partial charge is 0.378 e. The number of rotatable bonds is 3. The van der Waals surface area contributed by atoms with Crippen molar-refractivity contribution in [2.75, 3.05) is 37.6 Å². The predicted molar refractivity (Wildman–Crippen MR) is 74.4 cm³/mol. The first-order valence-corrected chi connectivity index (χ1v) is 7.86. The van der Waals surface area contributed by atoms with E-state index in [4.69, 9.17) is 4.74 Å². The summed E-state index contributed by atoms with van der Waals surface area (Å²) in [4.78, 5) is 4.30. The van der Waals surface area contributed by atoms with Crippen LogP contribution >= 0.6 is 0 Å². The van der Waals surface area contributed by atoms with Gasteiger partial charge in [-0.05, 0) is 12.1 Å². The highest BCUT2D eigenvalue weighted by atomic mass is 32.2. The van der Waals surface area contributed by atoms with Crippen molar-refractivity contribution in [2.45, 2.75) is 5.16 Å². The lowest BCUT2D eigenvalue weighted by atomic mass is 10.3. The van der Waals surface area contributed by atoms with Crippen LogP contribution in [0.5, 0.6) is 0 Å². The van der Waals surface area contributed by atoms with Crippen LogP contribution in [0.15, 0.2) is 29.6 Å². The van der Waals surface area contributed by atoms with Crippen molar-refractivity contribution in [3.05, 3.63) is 24.4 Å². The molecule has 2 aromatic heterocycles. The molecule has 0 N–H and O–H groups in total. The lowest BCUT2D eigenvalue weighted by Crippen LogP contribution is -2.45. The van der Waals surface area contributed by atoms with E-state index in [1.54, 1.807) is 17.1 Å². The van der Waals surface area contributed by atoms with Crippen molar-refractivity contribution in [3.63, 3.8) is 0 Å². The molecule has 1 fully saturated rings. The van der Waals surface area contributed by atoms with E-state index < -0.39 is 10.8 Å². The number of pyridine rings is 1. The number of hydrogen-bond donors (Lipinski definition) is 0. The van der Waals surface area contributed by atoms with E-state index in [-0.39, 0.29) is 0 Å². The third kappa shape index (κ3) is 2.44. The van der Waals surface area contributed by atoms with Gasteiger partial charge in [-0.2, -0.15) is 0 Å². The van der Waals surface area contributed by atoms with Crippen LogP contribution in [-0.4, -0.2) is 56.6 Å². The van der Waals surface area contributed by atoms with Gasteiger partial charge in [0.1, 0.15) is 5.69 Å². The maximum absolute atomic E-state index is 11.9. The first kappa shape index (κ1) is 13.2. The molecule has 0 spiro atoms. The average Bonchev–Trinajstić information content (AvgIpc) is 2.94. The summed E-state index contributed by atoms with van der Waals surface area (Å²) in [7, 11) is -1.22. The van der Waals surface area contributed by atoms with Gasteiger partial charge in [0, 0.05) is 12.5 Å². The van der Waals surface area contributed by atoms with Crippen LogP contribution in [0.3, 0.4) is 0 Å². The van der Waals surface area contributed by atoms with Crippen molar-refractivity contribution in [2.24, 2.45) is 0 Å². The summed E-state index contributed by atoms with van der Waals surface area (Å²) < 4.78 is 19.0. The molecule has 0 radical (unpaired) electrons. The Kier molecular flexibility index (Phi) is 3.75. The molecule has 1 aliphatic heterocycles. The Balaban J connectivity index is 2.08. The van der Waals surface area contributed by atoms with Crippen molar-refractivity contribution in [1.29, 1.82) is 0 Å². The Hall–Kier alpha value is -1.80. The molecule has 1 unspecified atom stereocenters. The fourth-order valence-electron chi connectivity index (χ4n) is 2.11. The van der Waals surface area contributed by atoms with Crippen molar-refractivity contribution in [1.82, 2.24) is 19.9 Å². The third-order valence-electron chi connectivity index (χ3n) is 3.03. The molecular weight excluding hydrogens is 278 g/mol. The monoisotopic (exact) mass is 293 g/mol. The molecule has 106 valence electrons. The molecule has 0 saturated carbocycles. The Morgan fingerprint density at radius 1 is 1.25 bits per heavy atom. The molecule has 0 amide bonds. The summed E-state index contributed by atoms with van der Waals surface area (Å²) in [5, 5.41) is 10.7. The Bertz CT molecular complexity index is 610. The van der Waals surface area contributed by atoms with Gasteiger partial charge in [-0.25, -0.2) is 4.68 Å². The first-order chi connectivity index (χ1) is 9.77. The van der Waals surface area contributed by atoms with Crippen molar-refractivity contribution in [3.8, 4) is 11.5 Å². The fraction of sp³-hybridized carbons (Fsp3) is 0.417. The molecule has 2 aromatic rings. The van der Waals surface area contributed by atoms with Crippen LogP contribution in [0.2, 0.25) is 0 Å². The van der Waals surface area contributed by atoms with E-state index in [2.05, 4.69) is 15.2 Å². The lowest BCUT2D eigenvalue weighted by Gasteiger charge is -2.30. The summed E-state index contributed by atoms with van der Waals surface area (Å²) in [5.41, 5.74) is 0.711. The van der Waals surface area contributed by atoms with Crippen LogP contribution in [0, 0.1) is 0 Å². The fourth-order valence-corrected chi connectivity index (χ4v) is 2.71. The number of nitrogens with zero attached hydrogens (tertiary/aromatic N) is 5. The normalized spacial score (nSPS) is 17.1. The zero-order chi connectivity index (χ0) is 13.9. The summed E-state index contributed by atoms with van der Waals surface area (Å²) >= 11 is 0. The van der Waals surface area contributed by atoms with Gasteiger partial charge >= 0.3 is 0 Å². The number of morpholine rings is 1. The van der Waals surface area contributed by atoms with Gasteiger partial charge < -0.3 is 9.75 Å². The molecule has 1 saturated heterocycles. The van der Waals surface area contributed by atoms with E-state index in [0.717, 1.165) is 0 Å². The molecule has 0 aromatic carbocycles. The van der Waals surface area contributed by atoms with Gasteiger partial charge in [-0.3, -0.25) is 9.19 Å². The van der Waals surface area contributed by atoms with E-state index in [1.807, 2.05) is 23.2 Å². The van der Waals surface area contributed by atoms with Gasteiger partial charge in [0.2, 0.25) is 11.0 Å². The van der Waals surface area contributed by atoms with Crippen LogP contribution in [0.25, 0.3) is 11.5 Å². The Morgan fingerprint density at radius 3 is 2.70 bits per heavy atom. The minimum Gasteiger partial charge on any atom is -0.378 e. The summed E-state index contributed by atoms with van der Waals surface area (Å²) in [6, 6.07) is 5.60. The predicted octanol–water partition coefficient (Wildman–Crippen LogP) is 0.0457. The minimum atomic E-state index is -1.22.